The molecule has 0 aliphatic rings. The number of aromatic amines is 1. The van der Waals surface area contributed by atoms with Crippen molar-refractivity contribution < 1.29 is 66.9 Å². The molecule has 0 aliphatic heterocycles. The molecule has 0 saturated carbocycles. The van der Waals surface area contributed by atoms with Gasteiger partial charge in [-0.15, -0.1) is 19.7 Å². The van der Waals surface area contributed by atoms with Crippen molar-refractivity contribution in [2.75, 3.05) is 34.2 Å². The lowest BCUT2D eigenvalue weighted by Gasteiger charge is -2.29. The number of anilines is 1. The van der Waals surface area contributed by atoms with Crippen molar-refractivity contribution in [1.82, 2.24) is 18.7 Å². The van der Waals surface area contributed by atoms with Crippen LogP contribution in [0.2, 0.25) is 20.1 Å². The maximum atomic E-state index is 13.0. The molecule has 0 saturated heterocycles. The smallest absolute Gasteiger partial charge is 0.339 e. The molecule has 0 unspecified atom stereocenters. The number of benzene rings is 8. The summed E-state index contributed by atoms with van der Waals surface area (Å²) < 4.78 is 52.6. The van der Waals surface area contributed by atoms with Gasteiger partial charge in [-0.05, 0) is 289 Å². The number of rotatable bonds is 24. The molecule has 28 heteroatoms. The van der Waals surface area contributed by atoms with E-state index in [1.807, 2.05) is 219 Å². The van der Waals surface area contributed by atoms with Crippen LogP contribution >= 0.6 is 69.0 Å². The molecule has 12 aromatic rings. The third-order valence-corrected chi connectivity index (χ3v) is 23.8. The summed E-state index contributed by atoms with van der Waals surface area (Å²) in [6, 6.07) is 37.5. The van der Waals surface area contributed by atoms with Gasteiger partial charge in [-0.1, -0.05) is 113 Å². The molecule has 0 bridgehead atoms. The maximum absolute atomic E-state index is 13.0. The van der Waals surface area contributed by atoms with Crippen molar-refractivity contribution in [3.8, 4) is 44.5 Å². The summed E-state index contributed by atoms with van der Waals surface area (Å²) >= 11 is 27.0. The number of nitrogens with one attached hydrogen (secondary N) is 1. The van der Waals surface area contributed by atoms with Crippen molar-refractivity contribution in [3.63, 3.8) is 0 Å². The number of nitrogen functional groups attached to an aromatic ring is 1. The zero-order valence-corrected chi connectivity index (χ0v) is 82.7. The minimum atomic E-state index is -1.18. The highest BCUT2D eigenvalue weighted by Gasteiger charge is 2.42. The van der Waals surface area contributed by atoms with Gasteiger partial charge in [-0.3, -0.25) is 20.2 Å². The molecule has 12 rings (SSSR count). The molecule has 4 atom stereocenters. The molecular weight excluding hydrogens is 1840 g/mol. The number of nitrogens with zero attached hydrogens (tertiary/aromatic N) is 5. The van der Waals surface area contributed by atoms with Gasteiger partial charge in [0.25, 0.3) is 11.4 Å². The number of hydrogen-bond donors (Lipinski definition) is 2. The number of hydrogen-bond acceptors (Lipinski definition) is 17. The van der Waals surface area contributed by atoms with Gasteiger partial charge in [-0.25, -0.2) is 19.2 Å². The third kappa shape index (κ3) is 22.7. The molecule has 0 spiro atoms. The largest absolute Gasteiger partial charge is 0.467 e. The maximum Gasteiger partial charge on any atom is 0.339 e. The lowest BCUT2D eigenvalue weighted by atomic mass is 9.87. The van der Waals surface area contributed by atoms with Crippen LogP contribution in [0.25, 0.3) is 88.1 Å². The molecule has 4 aromatic heterocycles. The van der Waals surface area contributed by atoms with Crippen molar-refractivity contribution >= 4 is 154 Å². The molecule has 129 heavy (non-hydrogen) atoms. The van der Waals surface area contributed by atoms with Gasteiger partial charge in [0.2, 0.25) is 0 Å². The SMILES string of the molecule is C=CCn1c(C)cc2c(-c3ccc(Cl)cc3)c([C@H](OC(C)(C)C)C(=O)OC)c(C)c(I)c21.C=CCn1c(C)cc2c(-c3ccc(Cl)cc3)c([C@H](OC(C)(C)C)C(=O)OC)c(C)c(N)c21.C=CCn1c(C)cc2c(-c3ccc(Cl)cc3)c([C@H](OC(C)(C)C)C(=O)OC)c(C)c([N+](=O)[O-])c21.COC(=O)[C@@H](OC(C)(C)C)c1c(C)c([N+](=O)[O-])c2[nH]c(C)cc2c1-c1ccc(Cl)cc1. The van der Waals surface area contributed by atoms with E-state index in [1.54, 1.807) is 44.2 Å². The van der Waals surface area contributed by atoms with E-state index >= 15 is 0 Å². The number of halogens is 5. The van der Waals surface area contributed by atoms with Gasteiger partial charge in [0.15, 0.2) is 24.4 Å². The fraction of sp³-hybridized carbons (Fsp3) is 0.347. The standard InChI is InChI=1S/C26H29ClINO3.C26H29ClN2O5.C26H31ClN2O3.C23H25ClN2O5/c1-8-13-29-15(2)14-19-21(17-9-11-18(27)12-10-17)20(16(3)22(28)23(19)29)24(25(30)31-7)32-26(4,5)6;1-8-13-28-15(2)14-19-21(17-9-11-18(27)12-10-17)20(16(3)22(23(19)28)29(31)32)24(25(30)33-7)34-26(4,5)6;1-8-13-29-15(2)14-19-21(17-9-11-18(27)12-10-17)20(16(3)22(28)23(19)29)24(25(30)31-7)32-26(4,5)6;1-12-11-16-18(14-7-9-15(24)10-8-14)17(13(2)20(26(28)29)19(16)25-12)21(22(27)30-6)31-23(3,4)5/h8-12,14,24H,1,13H2,2-7H3;8-12,14,24H,1,13H2,2-7H3;8-12,14,24H,1,13,28H2,2-7H3;7-11,21,25H,1-6H3/t3*24-;21-/m0000/s1. The van der Waals surface area contributed by atoms with E-state index in [1.165, 1.54) is 28.4 Å². The monoisotopic (exact) mass is 1950 g/mol. The normalized spacial score (nSPS) is 12.7. The molecule has 0 aliphatic carbocycles. The van der Waals surface area contributed by atoms with Gasteiger partial charge in [-0.2, -0.15) is 0 Å². The number of H-pyrrole nitrogens is 1. The zero-order chi connectivity index (χ0) is 96.0. The Morgan fingerprint density at radius 1 is 0.411 bits per heavy atom. The number of nitrogens with two attached hydrogens (primary N) is 1. The van der Waals surface area contributed by atoms with E-state index in [-0.39, 0.29) is 11.4 Å². The minimum Gasteiger partial charge on any atom is -0.467 e. The van der Waals surface area contributed by atoms with Crippen molar-refractivity contribution in [2.45, 2.75) is 205 Å². The molecule has 0 amide bonds. The molecule has 3 N–H and O–H groups in total. The highest BCUT2D eigenvalue weighted by atomic mass is 127. The quantitative estimate of drug-likeness (QED) is 0.0108. The Kier molecular flexibility index (Phi) is 32.9. The molecule has 0 fully saturated rings. The van der Waals surface area contributed by atoms with Gasteiger partial charge < -0.3 is 62.3 Å². The lowest BCUT2D eigenvalue weighted by molar-refractivity contribution is -0.384. The van der Waals surface area contributed by atoms with E-state index < -0.39 is 80.5 Å². The second kappa shape index (κ2) is 41.6. The summed E-state index contributed by atoms with van der Waals surface area (Å²) in [4.78, 5) is 78.6. The Bertz CT molecular complexity index is 6110. The summed E-state index contributed by atoms with van der Waals surface area (Å²) in [5, 5.41) is 30.1. The van der Waals surface area contributed by atoms with Gasteiger partial charge in [0.1, 0.15) is 11.0 Å². The van der Waals surface area contributed by atoms with Crippen LogP contribution in [-0.4, -0.2) is 103 Å². The second-order valence-electron chi connectivity index (χ2n) is 35.2. The van der Waals surface area contributed by atoms with Crippen LogP contribution in [-0.2, 0) is 76.7 Å². The van der Waals surface area contributed by atoms with Crippen LogP contribution in [0.15, 0.2) is 159 Å². The van der Waals surface area contributed by atoms with E-state index in [0.717, 1.165) is 98.2 Å². The van der Waals surface area contributed by atoms with E-state index in [2.05, 4.69) is 75.5 Å². The second-order valence-corrected chi connectivity index (χ2v) is 38.1. The molecule has 8 aromatic carbocycles. The van der Waals surface area contributed by atoms with Crippen LogP contribution < -0.4 is 5.73 Å². The van der Waals surface area contributed by atoms with Crippen molar-refractivity contribution in [3.05, 3.63) is 270 Å². The molecule has 23 nitrogen and oxygen atoms in total. The number of aromatic nitrogens is 4. The lowest BCUT2D eigenvalue weighted by Crippen LogP contribution is -2.29. The number of fused-ring (bicyclic) bond motifs is 4. The number of nitro benzene ring substituents is 2. The fourth-order valence-electron chi connectivity index (χ4n) is 16.2. The topological polar surface area (TPSA) is 285 Å². The number of esters is 4. The average molecular weight is 1950 g/mol. The first-order valence-electron chi connectivity index (χ1n) is 41.6. The summed E-state index contributed by atoms with van der Waals surface area (Å²) in [7, 11) is 5.31. The van der Waals surface area contributed by atoms with Crippen LogP contribution in [0.1, 0.15) is 175 Å². The zero-order valence-electron chi connectivity index (χ0n) is 77.6. The highest BCUT2D eigenvalue weighted by molar-refractivity contribution is 14.1. The molecule has 4 heterocycles. The first-order valence-corrected chi connectivity index (χ1v) is 44.2. The molecule has 684 valence electrons. The Labute approximate surface area is 787 Å². The number of aryl methyl sites for hydroxylation is 4. The number of nitro groups is 2. The summed E-state index contributed by atoms with van der Waals surface area (Å²) in [5.41, 5.74) is 22.6. The number of allylic oxidation sites excluding steroid dienone is 3. The first kappa shape index (κ1) is 102. The third-order valence-electron chi connectivity index (χ3n) is 21.4. The van der Waals surface area contributed by atoms with Gasteiger partial charge >= 0.3 is 23.9 Å². The van der Waals surface area contributed by atoms with Crippen LogP contribution in [0.5, 0.6) is 0 Å². The molecular formula is C101H114Cl4IN7O16. The number of ether oxygens (including phenoxy) is 8. The minimum absolute atomic E-state index is 0.0796. The Morgan fingerprint density at radius 2 is 0.667 bits per heavy atom. The molecule has 0 radical (unpaired) electrons. The Hall–Kier alpha value is -10.7. The van der Waals surface area contributed by atoms with Crippen LogP contribution in [0, 0.1) is 79.2 Å². The fourth-order valence-corrected chi connectivity index (χ4v) is 17.6. The highest BCUT2D eigenvalue weighted by Crippen LogP contribution is 2.52. The number of carbonyl (C=O) groups is 4. The van der Waals surface area contributed by atoms with E-state index in [4.69, 9.17) is 90.0 Å². The van der Waals surface area contributed by atoms with Crippen molar-refractivity contribution in [2.24, 2.45) is 0 Å². The summed E-state index contributed by atoms with van der Waals surface area (Å²) in [5.74, 6) is -2.16. The van der Waals surface area contributed by atoms with Gasteiger partial charge in [0.05, 0.1) is 77.4 Å². The van der Waals surface area contributed by atoms with Crippen molar-refractivity contribution in [1.29, 1.82) is 0 Å². The van der Waals surface area contributed by atoms with Crippen LogP contribution in [0.4, 0.5) is 17.1 Å². The predicted molar refractivity (Wildman–Crippen MR) is 527 cm³/mol. The Morgan fingerprint density at radius 3 is 0.953 bits per heavy atom. The predicted octanol–water partition coefficient (Wildman–Crippen LogP) is 26.5. The van der Waals surface area contributed by atoms with Gasteiger partial charge in [0, 0.05) is 121 Å². The van der Waals surface area contributed by atoms with Crippen LogP contribution in [0.3, 0.4) is 0 Å². The Balaban J connectivity index is 0.000000194. The number of methoxy groups -OCH3 is 4. The average Bonchev–Trinajstić information content (AvgIpc) is 1.65. The number of carbonyl (C=O) groups excluding carboxylic acids is 4. The summed E-state index contributed by atoms with van der Waals surface area (Å²) in [6.45, 7) is 50.8. The summed E-state index contributed by atoms with van der Waals surface area (Å²) in [6.07, 6.45) is 1.29. The first-order chi connectivity index (χ1) is 60.3. The van der Waals surface area contributed by atoms with E-state index in [9.17, 15) is 39.4 Å². The van der Waals surface area contributed by atoms with E-state index in [0.29, 0.717) is 106 Å².